The van der Waals surface area contributed by atoms with Gasteiger partial charge >= 0.3 is 18.6 Å². The van der Waals surface area contributed by atoms with E-state index in [1.54, 1.807) is 0 Å². The first-order valence-corrected chi connectivity index (χ1v) is 16.8. The minimum absolute atomic E-state index is 0. The third-order valence-corrected chi connectivity index (χ3v) is 7.16. The minimum Gasteiger partial charge on any atom is -0.358 e. The van der Waals surface area contributed by atoms with Crippen LogP contribution in [0.1, 0.15) is 101 Å². The van der Waals surface area contributed by atoms with Crippen molar-refractivity contribution in [2.45, 2.75) is 124 Å². The number of hydrogen-bond acceptors (Lipinski definition) is 7. The molecule has 2 aromatic rings. The minimum atomic E-state index is 0. The van der Waals surface area contributed by atoms with Gasteiger partial charge in [0.15, 0.2) is 0 Å². The van der Waals surface area contributed by atoms with Gasteiger partial charge in [-0.05, 0) is 67.0 Å². The summed E-state index contributed by atoms with van der Waals surface area (Å²) in [4.78, 5) is 26.3. The summed E-state index contributed by atoms with van der Waals surface area (Å²) in [7, 11) is 2.18. The van der Waals surface area contributed by atoms with E-state index in [1.165, 1.54) is 29.1 Å². The van der Waals surface area contributed by atoms with E-state index in [4.69, 9.17) is 0 Å². The summed E-state index contributed by atoms with van der Waals surface area (Å²) in [5.74, 6) is 0.843. The summed E-state index contributed by atoms with van der Waals surface area (Å²) in [5.41, 5.74) is 1.57. The zero-order valence-corrected chi connectivity index (χ0v) is 32.4. The number of Topliss-reactive ketones (excluding diaryl/α,β-unsaturated/α-hetero) is 1. The predicted octanol–water partition coefficient (Wildman–Crippen LogP) is 9.75. The Morgan fingerprint density at radius 1 is 0.878 bits per heavy atom. The van der Waals surface area contributed by atoms with Crippen LogP contribution in [0, 0.1) is 32.5 Å². The quantitative estimate of drug-likeness (QED) is 0.242. The summed E-state index contributed by atoms with van der Waals surface area (Å²) < 4.78 is 0. The molecule has 0 spiro atoms. The number of hydrogen-bond donors (Lipinski definition) is 0. The van der Waals surface area contributed by atoms with Gasteiger partial charge in [0.2, 0.25) is 0 Å². The van der Waals surface area contributed by atoms with Crippen molar-refractivity contribution in [2.75, 3.05) is 19.6 Å². The van der Waals surface area contributed by atoms with Gasteiger partial charge < -0.3 is 22.4 Å². The molecule has 237 valence electrons. The maximum absolute atomic E-state index is 12.2. The number of nitrogens with zero attached hydrogens (tertiary/aromatic N) is 4. The fourth-order valence-electron chi connectivity index (χ4n) is 4.00. The summed E-state index contributed by atoms with van der Waals surface area (Å²) in [6.45, 7) is 27.1. The number of aryl methyl sites for hydroxylation is 1. The fraction of sp³-hybridized carbons (Fsp3) is 0.667. The van der Waals surface area contributed by atoms with Crippen LogP contribution in [0.4, 0.5) is 0 Å². The molecule has 1 aromatic heterocycles. The maximum Gasteiger partial charge on any atom is 2.00 e. The van der Waals surface area contributed by atoms with E-state index >= 15 is 0 Å². The molecule has 41 heavy (non-hydrogen) atoms. The Labute approximate surface area is 276 Å². The van der Waals surface area contributed by atoms with Crippen molar-refractivity contribution in [1.82, 2.24) is 19.9 Å². The molecule has 0 amide bonds. The van der Waals surface area contributed by atoms with E-state index in [-0.39, 0.29) is 48.9 Å². The number of carbonyl (C=O) groups is 1. The van der Waals surface area contributed by atoms with Crippen molar-refractivity contribution in [3.8, 4) is 0 Å². The van der Waals surface area contributed by atoms with E-state index in [1.807, 2.05) is 86.1 Å². The first kappa shape index (κ1) is 49.8. The van der Waals surface area contributed by atoms with E-state index in [9.17, 15) is 4.79 Å². The van der Waals surface area contributed by atoms with Crippen molar-refractivity contribution in [1.29, 1.82) is 0 Å². The number of benzene rings is 1. The molecule has 1 aliphatic heterocycles. The molecule has 8 heteroatoms. The summed E-state index contributed by atoms with van der Waals surface area (Å²) in [6, 6.07) is 10.3. The average Bonchev–Trinajstić information content (AvgIpc) is 2.95. The molecule has 1 fully saturated rings. The largest absolute Gasteiger partial charge is 2.00 e. The van der Waals surface area contributed by atoms with Crippen LogP contribution in [0.5, 0.6) is 0 Å². The van der Waals surface area contributed by atoms with Gasteiger partial charge in [-0.15, -0.1) is 0 Å². The topological polar surface area (TPSA) is 59.0 Å². The van der Waals surface area contributed by atoms with Crippen LogP contribution in [0.3, 0.4) is 0 Å². The number of rotatable bonds is 4. The van der Waals surface area contributed by atoms with Gasteiger partial charge in [0, 0.05) is 29.2 Å². The van der Waals surface area contributed by atoms with Crippen molar-refractivity contribution in [2.24, 2.45) is 11.8 Å². The molecule has 0 unspecified atom stereocenters. The van der Waals surface area contributed by atoms with Crippen molar-refractivity contribution in [3.63, 3.8) is 0 Å². The number of aromatic nitrogens is 3. The second-order valence-electron chi connectivity index (χ2n) is 9.91. The molecule has 1 aromatic carbocycles. The third-order valence-electron chi connectivity index (χ3n) is 6.07. The molecule has 3 rings (SSSR count). The summed E-state index contributed by atoms with van der Waals surface area (Å²) in [6.07, 6.45) is 8.36. The second kappa shape index (κ2) is 27.9. The zero-order valence-electron chi connectivity index (χ0n) is 29.4. The van der Waals surface area contributed by atoms with Crippen LogP contribution in [-0.2, 0) is 23.4 Å². The average molecular weight is 646 g/mol. The smallest absolute Gasteiger partial charge is 0.358 e. The van der Waals surface area contributed by atoms with Crippen molar-refractivity contribution in [3.05, 3.63) is 49.6 Å². The molecular weight excluding hydrogens is 583 g/mol. The summed E-state index contributed by atoms with van der Waals surface area (Å²) >= 11 is 2.98. The molecular formula is C33H62N4OS2V. The van der Waals surface area contributed by atoms with Crippen LogP contribution in [0.2, 0.25) is 0 Å². The predicted molar refractivity (Wildman–Crippen MR) is 182 cm³/mol. The second-order valence-corrected chi connectivity index (χ2v) is 11.5. The molecule has 0 N–H and O–H groups in total. The normalized spacial score (nSPS) is 14.5. The number of ketones is 1. The van der Waals surface area contributed by atoms with E-state index < -0.39 is 0 Å². The molecule has 2 heterocycles. The first-order valence-electron chi connectivity index (χ1n) is 14.3. The molecule has 1 radical (unpaired) electrons. The van der Waals surface area contributed by atoms with Gasteiger partial charge in [0.1, 0.15) is 5.78 Å². The van der Waals surface area contributed by atoms with E-state index in [0.29, 0.717) is 5.78 Å². The standard InChI is InChI=1S/C14H27NO.C7H8.C5H6N3S2.3C2H6.CH3.V/c1-10(2)12(16)11-8-13(3,4)15(7)14(5,6)9-11;1-7-5-3-2-4-6-7;1-9-4-6-3-7-5(8-4)10-2;3*1-2;;/h10-11H,8-9H2,1-7H3;2-6H,1H3;1-2H3;3*1-2H3;1H3;/q;;-1;;;;-1;+2. The van der Waals surface area contributed by atoms with Gasteiger partial charge in [-0.2, -0.15) is 23.5 Å². The van der Waals surface area contributed by atoms with Crippen LogP contribution in [-0.4, -0.2) is 56.3 Å². The van der Waals surface area contributed by atoms with Crippen LogP contribution in [0.15, 0.2) is 40.6 Å². The van der Waals surface area contributed by atoms with Gasteiger partial charge in [0.05, 0.1) is 10.3 Å². The number of thioether (sulfide) groups is 2. The third kappa shape index (κ3) is 20.6. The SMILES string of the molecule is CC.CC.CC.CC(C)C(=O)C1CC(C)(C)N(C)C(C)(C)C1.CSc1n[c-]nc(SC)n1.Cc1ccccc1.[CH3-].[V+2]. The monoisotopic (exact) mass is 645 g/mol. The zero-order chi connectivity index (χ0) is 31.2. The Balaban J connectivity index is -0.000000149. The fourth-order valence-corrected chi connectivity index (χ4v) is 4.68. The molecule has 1 saturated heterocycles. The van der Waals surface area contributed by atoms with Crippen LogP contribution < -0.4 is 0 Å². The van der Waals surface area contributed by atoms with Gasteiger partial charge in [0.25, 0.3) is 0 Å². The van der Waals surface area contributed by atoms with Crippen molar-refractivity contribution < 1.29 is 23.4 Å². The molecule has 0 bridgehead atoms. The van der Waals surface area contributed by atoms with Gasteiger partial charge in [-0.25, -0.2) is 0 Å². The Morgan fingerprint density at radius 2 is 1.24 bits per heavy atom. The Hall–Kier alpha value is -0.856. The molecule has 1 aliphatic rings. The Kier molecular flexibility index (Phi) is 33.9. The molecule has 0 saturated carbocycles. The maximum atomic E-state index is 12.2. The number of piperidine rings is 1. The molecule has 5 nitrogen and oxygen atoms in total. The number of carbonyl (C=O) groups excluding carboxylic acids is 1. The van der Waals surface area contributed by atoms with Gasteiger partial charge in [-0.1, -0.05) is 91.3 Å². The van der Waals surface area contributed by atoms with Crippen LogP contribution in [0.25, 0.3) is 0 Å². The summed E-state index contributed by atoms with van der Waals surface area (Å²) in [5, 5.41) is 1.44. The molecule has 0 atom stereocenters. The molecule has 0 aliphatic carbocycles. The van der Waals surface area contributed by atoms with Crippen molar-refractivity contribution >= 4 is 29.3 Å². The van der Waals surface area contributed by atoms with E-state index in [2.05, 4.69) is 80.0 Å². The van der Waals surface area contributed by atoms with E-state index in [0.717, 1.165) is 23.2 Å². The van der Waals surface area contributed by atoms with Crippen LogP contribution >= 0.6 is 23.5 Å². The Morgan fingerprint density at radius 3 is 1.51 bits per heavy atom. The first-order chi connectivity index (χ1) is 18.3. The Bertz CT molecular complexity index is 828. The number of likely N-dealkylation sites (tertiary alicyclic amines) is 1. The van der Waals surface area contributed by atoms with Gasteiger partial charge in [-0.3, -0.25) is 9.69 Å².